The first kappa shape index (κ1) is 17.3. The Bertz CT molecular complexity index is 893. The summed E-state index contributed by atoms with van der Waals surface area (Å²) < 4.78 is 7.66. The summed E-state index contributed by atoms with van der Waals surface area (Å²) in [6.45, 7) is 2.91. The first-order chi connectivity index (χ1) is 13.0. The van der Waals surface area contributed by atoms with E-state index in [1.54, 1.807) is 32.2 Å². The molecule has 0 aliphatic carbocycles. The van der Waals surface area contributed by atoms with Gasteiger partial charge in [-0.1, -0.05) is 0 Å². The fourth-order valence-electron chi connectivity index (χ4n) is 3.42. The first-order valence-electron chi connectivity index (χ1n) is 9.07. The van der Waals surface area contributed by atoms with Crippen LogP contribution < -0.4 is 20.3 Å². The zero-order valence-corrected chi connectivity index (χ0v) is 15.4. The van der Waals surface area contributed by atoms with Gasteiger partial charge in [-0.05, 0) is 38.0 Å². The highest BCUT2D eigenvalue weighted by molar-refractivity contribution is 6.00. The standard InChI is InChI=1S/C18H22N6O3/c1-11-17(25)23(2)13-9-12(6-7-14(13)27-11)20-18(26)19-10-16-22-21-15-5-3-4-8-24(15)16/h6-7,9,11H,3-5,8,10H2,1-2H3,(H2,19,20,26). The Morgan fingerprint density at radius 2 is 2.19 bits per heavy atom. The third-order valence-corrected chi connectivity index (χ3v) is 4.90. The van der Waals surface area contributed by atoms with Crippen molar-refractivity contribution >= 4 is 23.3 Å². The third kappa shape index (κ3) is 3.32. The molecule has 1 aromatic carbocycles. The number of aryl methyl sites for hydroxylation is 1. The van der Waals surface area contributed by atoms with E-state index in [9.17, 15) is 9.59 Å². The number of fused-ring (bicyclic) bond motifs is 2. The number of nitrogens with zero attached hydrogens (tertiary/aromatic N) is 4. The number of carbonyl (C=O) groups excluding carboxylic acids is 2. The summed E-state index contributed by atoms with van der Waals surface area (Å²) in [7, 11) is 1.69. The number of benzene rings is 1. The molecular weight excluding hydrogens is 348 g/mol. The monoisotopic (exact) mass is 370 g/mol. The van der Waals surface area contributed by atoms with E-state index in [4.69, 9.17) is 4.74 Å². The van der Waals surface area contributed by atoms with Crippen LogP contribution in [0.4, 0.5) is 16.2 Å². The summed E-state index contributed by atoms with van der Waals surface area (Å²) in [4.78, 5) is 25.8. The molecule has 142 valence electrons. The molecule has 3 amide bonds. The second kappa shape index (κ2) is 6.90. The van der Waals surface area contributed by atoms with Crippen LogP contribution in [0.5, 0.6) is 5.75 Å². The van der Waals surface area contributed by atoms with E-state index >= 15 is 0 Å². The number of carbonyl (C=O) groups is 2. The average molecular weight is 370 g/mol. The van der Waals surface area contributed by atoms with Gasteiger partial charge < -0.3 is 24.8 Å². The van der Waals surface area contributed by atoms with Crippen molar-refractivity contribution in [3.8, 4) is 5.75 Å². The molecule has 2 N–H and O–H groups in total. The van der Waals surface area contributed by atoms with Crippen LogP contribution in [0.1, 0.15) is 31.4 Å². The molecule has 2 aliphatic rings. The minimum absolute atomic E-state index is 0.124. The van der Waals surface area contributed by atoms with E-state index in [0.717, 1.165) is 37.5 Å². The van der Waals surface area contributed by atoms with Crippen molar-refractivity contribution in [2.24, 2.45) is 0 Å². The molecule has 3 heterocycles. The molecule has 9 nitrogen and oxygen atoms in total. The van der Waals surface area contributed by atoms with Gasteiger partial charge >= 0.3 is 6.03 Å². The molecule has 2 aliphatic heterocycles. The molecule has 0 radical (unpaired) electrons. The lowest BCUT2D eigenvalue weighted by molar-refractivity contribution is -0.125. The Morgan fingerprint density at radius 3 is 3.04 bits per heavy atom. The molecule has 0 fully saturated rings. The lowest BCUT2D eigenvalue weighted by Gasteiger charge is -2.30. The average Bonchev–Trinajstić information content (AvgIpc) is 3.08. The summed E-state index contributed by atoms with van der Waals surface area (Å²) in [6.07, 6.45) is 2.65. The molecule has 2 aromatic rings. The van der Waals surface area contributed by atoms with E-state index in [1.165, 1.54) is 4.90 Å². The van der Waals surface area contributed by atoms with E-state index in [2.05, 4.69) is 25.4 Å². The number of urea groups is 1. The van der Waals surface area contributed by atoms with Crippen molar-refractivity contribution in [3.05, 3.63) is 29.8 Å². The summed E-state index contributed by atoms with van der Waals surface area (Å²) in [6, 6.07) is 4.87. The van der Waals surface area contributed by atoms with Crippen molar-refractivity contribution in [2.45, 2.75) is 45.4 Å². The third-order valence-electron chi connectivity index (χ3n) is 4.90. The van der Waals surface area contributed by atoms with Crippen LogP contribution in [0, 0.1) is 0 Å². The highest BCUT2D eigenvalue weighted by Crippen LogP contribution is 2.35. The van der Waals surface area contributed by atoms with E-state index in [1.807, 2.05) is 0 Å². The van der Waals surface area contributed by atoms with Crippen molar-refractivity contribution in [1.29, 1.82) is 0 Å². The zero-order chi connectivity index (χ0) is 19.0. The molecule has 1 unspecified atom stereocenters. The Hall–Kier alpha value is -3.10. The summed E-state index contributed by atoms with van der Waals surface area (Å²) >= 11 is 0. The molecule has 0 bridgehead atoms. The molecule has 0 saturated carbocycles. The van der Waals surface area contributed by atoms with Crippen molar-refractivity contribution < 1.29 is 14.3 Å². The summed E-state index contributed by atoms with van der Waals surface area (Å²) in [5.74, 6) is 2.24. The molecule has 1 aromatic heterocycles. The number of nitrogens with one attached hydrogen (secondary N) is 2. The first-order valence-corrected chi connectivity index (χ1v) is 9.07. The SMILES string of the molecule is CC1Oc2ccc(NC(=O)NCc3nnc4n3CCCC4)cc2N(C)C1=O. The number of aromatic nitrogens is 3. The maximum atomic E-state index is 12.3. The normalized spacial score (nSPS) is 18.4. The second-order valence-electron chi connectivity index (χ2n) is 6.79. The fraction of sp³-hybridized carbons (Fsp3) is 0.444. The number of likely N-dealkylation sites (N-methyl/N-ethyl adjacent to an activating group) is 1. The van der Waals surface area contributed by atoms with Gasteiger partial charge in [-0.15, -0.1) is 10.2 Å². The van der Waals surface area contributed by atoms with E-state index in [-0.39, 0.29) is 11.9 Å². The van der Waals surface area contributed by atoms with Gasteiger partial charge in [0.15, 0.2) is 11.9 Å². The number of hydrogen-bond donors (Lipinski definition) is 2. The zero-order valence-electron chi connectivity index (χ0n) is 15.4. The highest BCUT2D eigenvalue weighted by Gasteiger charge is 2.29. The lowest BCUT2D eigenvalue weighted by atomic mass is 10.2. The Morgan fingerprint density at radius 1 is 1.33 bits per heavy atom. The number of hydrogen-bond acceptors (Lipinski definition) is 5. The fourth-order valence-corrected chi connectivity index (χ4v) is 3.42. The molecule has 27 heavy (non-hydrogen) atoms. The van der Waals surface area contributed by atoms with Gasteiger partial charge in [-0.2, -0.15) is 0 Å². The van der Waals surface area contributed by atoms with E-state index in [0.29, 0.717) is 23.7 Å². The van der Waals surface area contributed by atoms with Gasteiger partial charge in [-0.25, -0.2) is 4.79 Å². The van der Waals surface area contributed by atoms with Crippen molar-refractivity contribution in [3.63, 3.8) is 0 Å². The summed E-state index contributed by atoms with van der Waals surface area (Å²) in [5, 5.41) is 13.9. The Labute approximate surface area is 156 Å². The van der Waals surface area contributed by atoms with Crippen LogP contribution in [0.2, 0.25) is 0 Å². The molecule has 9 heteroatoms. The quantitative estimate of drug-likeness (QED) is 0.856. The predicted octanol–water partition coefficient (Wildman–Crippen LogP) is 1.68. The largest absolute Gasteiger partial charge is 0.479 e. The lowest BCUT2D eigenvalue weighted by Crippen LogP contribution is -2.42. The number of amides is 3. The van der Waals surface area contributed by atoms with Crippen LogP contribution in [0.3, 0.4) is 0 Å². The van der Waals surface area contributed by atoms with Gasteiger partial charge in [0.05, 0.1) is 12.2 Å². The van der Waals surface area contributed by atoms with Crippen LogP contribution in [0.25, 0.3) is 0 Å². The number of ether oxygens (including phenoxy) is 1. The molecule has 0 saturated heterocycles. The van der Waals surface area contributed by atoms with E-state index < -0.39 is 6.10 Å². The molecular formula is C18H22N6O3. The second-order valence-corrected chi connectivity index (χ2v) is 6.79. The molecule has 0 spiro atoms. The van der Waals surface area contributed by atoms with Crippen LogP contribution in [-0.2, 0) is 24.3 Å². The molecule has 4 rings (SSSR count). The van der Waals surface area contributed by atoms with Gasteiger partial charge in [0.2, 0.25) is 0 Å². The van der Waals surface area contributed by atoms with Gasteiger partial charge in [-0.3, -0.25) is 4.79 Å². The smallest absolute Gasteiger partial charge is 0.319 e. The summed E-state index contributed by atoms with van der Waals surface area (Å²) in [5.41, 5.74) is 1.20. The highest BCUT2D eigenvalue weighted by atomic mass is 16.5. The maximum Gasteiger partial charge on any atom is 0.319 e. The van der Waals surface area contributed by atoms with Crippen molar-refractivity contribution in [2.75, 3.05) is 17.3 Å². The van der Waals surface area contributed by atoms with Gasteiger partial charge in [0.1, 0.15) is 11.6 Å². The maximum absolute atomic E-state index is 12.3. The van der Waals surface area contributed by atoms with Crippen LogP contribution >= 0.6 is 0 Å². The van der Waals surface area contributed by atoms with Crippen LogP contribution in [-0.4, -0.2) is 39.9 Å². The minimum atomic E-state index is -0.515. The van der Waals surface area contributed by atoms with Crippen molar-refractivity contribution in [1.82, 2.24) is 20.1 Å². The van der Waals surface area contributed by atoms with Crippen LogP contribution in [0.15, 0.2) is 18.2 Å². The number of rotatable bonds is 3. The van der Waals surface area contributed by atoms with Gasteiger partial charge in [0.25, 0.3) is 5.91 Å². The minimum Gasteiger partial charge on any atom is -0.479 e. The number of anilines is 2. The Balaban J connectivity index is 1.40. The topological polar surface area (TPSA) is 101 Å². The predicted molar refractivity (Wildman–Crippen MR) is 98.8 cm³/mol. The Kier molecular flexibility index (Phi) is 4.43. The van der Waals surface area contributed by atoms with Gasteiger partial charge in [0, 0.05) is 25.7 Å². The molecule has 1 atom stereocenters.